The van der Waals surface area contributed by atoms with Gasteiger partial charge in [-0.05, 0) is 23.8 Å². The summed E-state index contributed by atoms with van der Waals surface area (Å²) in [5, 5.41) is 14.2. The number of benzene rings is 3. The van der Waals surface area contributed by atoms with Gasteiger partial charge < -0.3 is 19.9 Å². The first-order chi connectivity index (χ1) is 15.0. The first kappa shape index (κ1) is 20.4. The van der Waals surface area contributed by atoms with E-state index in [2.05, 4.69) is 5.32 Å². The number of carbonyl (C=O) groups excluding carboxylic acids is 2. The number of methoxy groups -OCH3 is 2. The fourth-order valence-electron chi connectivity index (χ4n) is 3.79. The Labute approximate surface area is 179 Å². The van der Waals surface area contributed by atoms with E-state index in [1.807, 2.05) is 6.07 Å². The molecule has 1 unspecified atom stereocenters. The average Bonchev–Trinajstić information content (AvgIpc) is 3.02. The first-order valence-electron chi connectivity index (χ1n) is 9.70. The zero-order chi connectivity index (χ0) is 22.0. The summed E-state index contributed by atoms with van der Waals surface area (Å²) in [6, 6.07) is 20.7. The van der Waals surface area contributed by atoms with Gasteiger partial charge in [0.05, 0.1) is 25.6 Å². The molecule has 31 heavy (non-hydrogen) atoms. The van der Waals surface area contributed by atoms with E-state index >= 15 is 0 Å². The number of anilines is 2. The third kappa shape index (κ3) is 3.49. The average molecular weight is 418 g/mol. The van der Waals surface area contributed by atoms with Crippen LogP contribution in [0.4, 0.5) is 11.4 Å². The molecule has 3 aromatic carbocycles. The predicted octanol–water partition coefficient (Wildman–Crippen LogP) is 2.93. The van der Waals surface area contributed by atoms with Crippen LogP contribution in [0, 0.1) is 0 Å². The SMILES string of the molecule is COc1ccc(NC(=O)CN2C(=O)C(O)(c3ccccc3)c3ccccc32)c(OC)c1. The molecule has 1 heterocycles. The number of fused-ring (bicyclic) bond motifs is 1. The normalized spacial score (nSPS) is 17.3. The Morgan fingerprint density at radius 2 is 1.71 bits per heavy atom. The molecular weight excluding hydrogens is 396 g/mol. The van der Waals surface area contributed by atoms with Crippen LogP contribution >= 0.6 is 0 Å². The molecule has 0 bridgehead atoms. The molecule has 0 aliphatic carbocycles. The second-order valence-electron chi connectivity index (χ2n) is 7.10. The highest BCUT2D eigenvalue weighted by atomic mass is 16.5. The summed E-state index contributed by atoms with van der Waals surface area (Å²) in [6.07, 6.45) is 0. The quantitative estimate of drug-likeness (QED) is 0.643. The number of nitrogens with one attached hydrogen (secondary N) is 1. The minimum absolute atomic E-state index is 0.264. The van der Waals surface area contributed by atoms with Gasteiger partial charge in [0.2, 0.25) is 5.91 Å². The maximum atomic E-state index is 13.3. The van der Waals surface area contributed by atoms with E-state index in [0.717, 1.165) is 0 Å². The van der Waals surface area contributed by atoms with Gasteiger partial charge in [-0.2, -0.15) is 0 Å². The number of aliphatic hydroxyl groups is 1. The van der Waals surface area contributed by atoms with Crippen molar-refractivity contribution in [2.75, 3.05) is 31.0 Å². The van der Waals surface area contributed by atoms with E-state index in [-0.39, 0.29) is 6.54 Å². The predicted molar refractivity (Wildman–Crippen MR) is 116 cm³/mol. The molecule has 7 nitrogen and oxygen atoms in total. The summed E-state index contributed by atoms with van der Waals surface area (Å²) < 4.78 is 10.5. The van der Waals surface area contributed by atoms with Gasteiger partial charge in [-0.3, -0.25) is 14.5 Å². The van der Waals surface area contributed by atoms with Crippen LogP contribution in [0.1, 0.15) is 11.1 Å². The van der Waals surface area contributed by atoms with E-state index < -0.39 is 17.4 Å². The minimum atomic E-state index is -1.85. The molecular formula is C24H22N2O5. The maximum Gasteiger partial charge on any atom is 0.268 e. The number of hydrogen-bond donors (Lipinski definition) is 2. The topological polar surface area (TPSA) is 88.1 Å². The lowest BCUT2D eigenvalue weighted by Crippen LogP contribution is -2.44. The second-order valence-corrected chi connectivity index (χ2v) is 7.10. The van der Waals surface area contributed by atoms with Crippen molar-refractivity contribution in [1.29, 1.82) is 0 Å². The largest absolute Gasteiger partial charge is 0.497 e. The van der Waals surface area contributed by atoms with Crippen molar-refractivity contribution in [3.05, 3.63) is 83.9 Å². The van der Waals surface area contributed by atoms with Gasteiger partial charge in [-0.1, -0.05) is 48.5 Å². The van der Waals surface area contributed by atoms with Crippen LogP contribution < -0.4 is 19.7 Å². The van der Waals surface area contributed by atoms with Gasteiger partial charge in [-0.25, -0.2) is 0 Å². The first-order valence-corrected chi connectivity index (χ1v) is 9.70. The molecule has 0 radical (unpaired) electrons. The van der Waals surface area contributed by atoms with Crippen LogP contribution in [0.3, 0.4) is 0 Å². The molecule has 1 aliphatic rings. The van der Waals surface area contributed by atoms with Crippen LogP contribution in [0.2, 0.25) is 0 Å². The summed E-state index contributed by atoms with van der Waals surface area (Å²) >= 11 is 0. The van der Waals surface area contributed by atoms with E-state index in [9.17, 15) is 14.7 Å². The zero-order valence-corrected chi connectivity index (χ0v) is 17.2. The van der Waals surface area contributed by atoms with Crippen LogP contribution in [-0.2, 0) is 15.2 Å². The molecule has 0 saturated carbocycles. The van der Waals surface area contributed by atoms with Gasteiger partial charge in [0.15, 0.2) is 5.60 Å². The maximum absolute atomic E-state index is 13.3. The molecule has 0 saturated heterocycles. The lowest BCUT2D eigenvalue weighted by atomic mass is 9.88. The summed E-state index contributed by atoms with van der Waals surface area (Å²) in [5.74, 6) is 0.0220. The third-order valence-electron chi connectivity index (χ3n) is 5.32. The minimum Gasteiger partial charge on any atom is -0.497 e. The molecule has 0 spiro atoms. The molecule has 7 heteroatoms. The van der Waals surface area contributed by atoms with Gasteiger partial charge in [0, 0.05) is 11.6 Å². The Morgan fingerprint density at radius 3 is 2.42 bits per heavy atom. The smallest absolute Gasteiger partial charge is 0.268 e. The Morgan fingerprint density at radius 1 is 1.00 bits per heavy atom. The Balaban J connectivity index is 1.62. The fourth-order valence-corrected chi connectivity index (χ4v) is 3.79. The van der Waals surface area contributed by atoms with Crippen LogP contribution in [-0.4, -0.2) is 37.7 Å². The highest BCUT2D eigenvalue weighted by Crippen LogP contribution is 2.44. The van der Waals surface area contributed by atoms with Crippen LogP contribution in [0.15, 0.2) is 72.8 Å². The fraction of sp³-hybridized carbons (Fsp3) is 0.167. The summed E-state index contributed by atoms with van der Waals surface area (Å²) in [6.45, 7) is -0.264. The molecule has 1 aliphatic heterocycles. The standard InChI is InChI=1S/C24H22N2O5/c1-30-17-12-13-19(21(14-17)31-2)25-22(27)15-26-20-11-7-6-10-18(20)24(29,23(26)28)16-8-4-3-5-9-16/h3-14,29H,15H2,1-2H3,(H,25,27). The van der Waals surface area contributed by atoms with E-state index in [0.29, 0.717) is 34.0 Å². The molecule has 0 aromatic heterocycles. The number of nitrogens with zero attached hydrogens (tertiary/aromatic N) is 1. The van der Waals surface area contributed by atoms with Crippen molar-refractivity contribution in [3.8, 4) is 11.5 Å². The molecule has 4 rings (SSSR count). The van der Waals surface area contributed by atoms with Crippen molar-refractivity contribution in [2.24, 2.45) is 0 Å². The number of para-hydroxylation sites is 1. The van der Waals surface area contributed by atoms with E-state index in [4.69, 9.17) is 9.47 Å². The van der Waals surface area contributed by atoms with Gasteiger partial charge in [-0.15, -0.1) is 0 Å². The summed E-state index contributed by atoms with van der Waals surface area (Å²) in [7, 11) is 3.03. The Kier molecular flexibility index (Phi) is 5.35. The number of ether oxygens (including phenoxy) is 2. The molecule has 3 aromatic rings. The van der Waals surface area contributed by atoms with Crippen molar-refractivity contribution in [2.45, 2.75) is 5.60 Å². The highest BCUT2D eigenvalue weighted by molar-refractivity contribution is 6.12. The molecule has 0 fully saturated rings. The Hall–Kier alpha value is -3.84. The monoisotopic (exact) mass is 418 g/mol. The zero-order valence-electron chi connectivity index (χ0n) is 17.2. The number of carbonyl (C=O) groups is 2. The Bertz CT molecular complexity index is 1130. The van der Waals surface area contributed by atoms with Gasteiger partial charge in [0.25, 0.3) is 5.91 Å². The molecule has 1 atom stereocenters. The molecule has 2 N–H and O–H groups in total. The van der Waals surface area contributed by atoms with Crippen molar-refractivity contribution in [3.63, 3.8) is 0 Å². The van der Waals surface area contributed by atoms with Crippen LogP contribution in [0.25, 0.3) is 0 Å². The van der Waals surface area contributed by atoms with Crippen molar-refractivity contribution < 1.29 is 24.2 Å². The van der Waals surface area contributed by atoms with Crippen molar-refractivity contribution >= 4 is 23.2 Å². The van der Waals surface area contributed by atoms with Crippen molar-refractivity contribution in [1.82, 2.24) is 0 Å². The second kappa shape index (κ2) is 8.12. The number of rotatable bonds is 6. The van der Waals surface area contributed by atoms with E-state index in [1.54, 1.807) is 66.7 Å². The number of hydrogen-bond acceptors (Lipinski definition) is 5. The summed E-state index contributed by atoms with van der Waals surface area (Å²) in [5.41, 5.74) is -0.00823. The highest BCUT2D eigenvalue weighted by Gasteiger charge is 2.51. The van der Waals surface area contributed by atoms with Gasteiger partial charge >= 0.3 is 0 Å². The molecule has 158 valence electrons. The lowest BCUT2D eigenvalue weighted by Gasteiger charge is -2.23. The summed E-state index contributed by atoms with van der Waals surface area (Å²) in [4.78, 5) is 27.5. The van der Waals surface area contributed by atoms with Gasteiger partial charge in [0.1, 0.15) is 18.0 Å². The third-order valence-corrected chi connectivity index (χ3v) is 5.32. The van der Waals surface area contributed by atoms with Crippen LogP contribution in [0.5, 0.6) is 11.5 Å². The number of amides is 2. The van der Waals surface area contributed by atoms with E-state index in [1.165, 1.54) is 19.1 Å². The molecule has 2 amide bonds. The lowest BCUT2D eigenvalue weighted by molar-refractivity contribution is -0.133.